The number of fused-ring (bicyclic) bond motifs is 1. The zero-order chi connectivity index (χ0) is 31.3. The summed E-state index contributed by atoms with van der Waals surface area (Å²) >= 11 is 13.6. The average Bonchev–Trinajstić information content (AvgIpc) is 3.47. The van der Waals surface area contributed by atoms with Crippen molar-refractivity contribution in [3.63, 3.8) is 0 Å². The normalized spacial score (nSPS) is 17.7. The number of halogens is 2. The average molecular weight is 643 g/mol. The number of nitrogens with zero attached hydrogens (tertiary/aromatic N) is 3. The SMILES string of the molecule is CN1CCCC(COc2cccc(-c3cccc4c3CCC4Oc3cc(OCc4cncc(C#N)c4)c(C=O)cc3Cl)c2Cl)C1. The van der Waals surface area contributed by atoms with Gasteiger partial charge in [-0.25, -0.2) is 0 Å². The van der Waals surface area contributed by atoms with E-state index in [1.807, 2.05) is 24.3 Å². The molecular weight excluding hydrogens is 609 g/mol. The summed E-state index contributed by atoms with van der Waals surface area (Å²) in [6.07, 6.45) is 7.46. The number of hydrogen-bond donors (Lipinski definition) is 0. The van der Waals surface area contributed by atoms with Crippen molar-refractivity contribution in [3.8, 4) is 34.4 Å². The molecule has 7 nitrogen and oxygen atoms in total. The van der Waals surface area contributed by atoms with E-state index in [9.17, 15) is 4.79 Å². The minimum Gasteiger partial charge on any atom is -0.492 e. The van der Waals surface area contributed by atoms with Gasteiger partial charge in [0.05, 0.1) is 27.8 Å². The van der Waals surface area contributed by atoms with Crippen LogP contribution in [0.25, 0.3) is 11.1 Å². The molecule has 45 heavy (non-hydrogen) atoms. The number of nitriles is 1. The number of benzene rings is 3. The first kappa shape index (κ1) is 30.9. The van der Waals surface area contributed by atoms with Crippen LogP contribution in [-0.4, -0.2) is 42.9 Å². The van der Waals surface area contributed by atoms with E-state index in [0.717, 1.165) is 42.6 Å². The van der Waals surface area contributed by atoms with Gasteiger partial charge in [-0.05, 0) is 74.2 Å². The second kappa shape index (κ2) is 13.9. The second-order valence-corrected chi connectivity index (χ2v) is 12.4. The van der Waals surface area contributed by atoms with E-state index >= 15 is 0 Å². The molecule has 1 aliphatic heterocycles. The number of aromatic nitrogens is 1. The Morgan fingerprint density at radius 1 is 1.02 bits per heavy atom. The van der Waals surface area contributed by atoms with Crippen molar-refractivity contribution in [2.45, 2.75) is 38.4 Å². The van der Waals surface area contributed by atoms with Gasteiger partial charge in [-0.15, -0.1) is 0 Å². The number of likely N-dealkylation sites (tertiary alicyclic amines) is 1. The molecule has 2 unspecified atom stereocenters. The molecule has 1 aliphatic carbocycles. The van der Waals surface area contributed by atoms with Gasteiger partial charge in [-0.3, -0.25) is 9.78 Å². The first-order valence-corrected chi connectivity index (χ1v) is 15.8. The summed E-state index contributed by atoms with van der Waals surface area (Å²) in [6, 6.07) is 19.1. The Hall–Kier alpha value is -4.09. The minimum atomic E-state index is -0.245. The van der Waals surface area contributed by atoms with Crippen molar-refractivity contribution in [2.24, 2.45) is 5.92 Å². The molecular formula is C36H33Cl2N3O4. The Morgan fingerprint density at radius 2 is 1.87 bits per heavy atom. The van der Waals surface area contributed by atoms with Crippen LogP contribution in [0.5, 0.6) is 17.2 Å². The smallest absolute Gasteiger partial charge is 0.153 e. The fourth-order valence-electron chi connectivity index (χ4n) is 6.24. The highest BCUT2D eigenvalue weighted by Crippen LogP contribution is 2.45. The van der Waals surface area contributed by atoms with Crippen molar-refractivity contribution in [1.29, 1.82) is 5.26 Å². The predicted molar refractivity (Wildman–Crippen MR) is 174 cm³/mol. The van der Waals surface area contributed by atoms with Gasteiger partial charge in [0.25, 0.3) is 0 Å². The van der Waals surface area contributed by atoms with E-state index in [1.165, 1.54) is 24.6 Å². The molecule has 1 saturated heterocycles. The minimum absolute atomic E-state index is 0.126. The third-order valence-electron chi connectivity index (χ3n) is 8.44. The van der Waals surface area contributed by atoms with Crippen molar-refractivity contribution in [3.05, 3.63) is 105 Å². The molecule has 1 aromatic heterocycles. The van der Waals surface area contributed by atoms with Crippen LogP contribution in [0.1, 0.15) is 58.0 Å². The number of pyridine rings is 1. The molecule has 4 aromatic rings. The molecule has 2 heterocycles. The lowest BCUT2D eigenvalue weighted by Crippen LogP contribution is -2.34. The Bertz CT molecular complexity index is 1760. The lowest BCUT2D eigenvalue weighted by Gasteiger charge is -2.29. The number of carbonyl (C=O) groups excluding carboxylic acids is 1. The van der Waals surface area contributed by atoms with E-state index < -0.39 is 0 Å². The van der Waals surface area contributed by atoms with Gasteiger partial charge in [0.2, 0.25) is 0 Å². The highest BCUT2D eigenvalue weighted by molar-refractivity contribution is 6.35. The Kier molecular flexibility index (Phi) is 9.56. The van der Waals surface area contributed by atoms with Gasteiger partial charge >= 0.3 is 0 Å². The summed E-state index contributed by atoms with van der Waals surface area (Å²) in [5, 5.41) is 10.1. The summed E-state index contributed by atoms with van der Waals surface area (Å²) in [7, 11) is 2.16. The van der Waals surface area contributed by atoms with Crippen LogP contribution >= 0.6 is 23.2 Å². The topological polar surface area (TPSA) is 84.7 Å². The second-order valence-electron chi connectivity index (χ2n) is 11.6. The lowest BCUT2D eigenvalue weighted by atomic mass is 9.96. The quantitative estimate of drug-likeness (QED) is 0.162. The fraction of sp³-hybridized carbons (Fsp3) is 0.306. The number of aldehydes is 1. The Labute approximate surface area is 273 Å². The molecule has 6 rings (SSSR count). The van der Waals surface area contributed by atoms with Crippen LogP contribution < -0.4 is 14.2 Å². The molecule has 0 amide bonds. The largest absolute Gasteiger partial charge is 0.492 e. The van der Waals surface area contributed by atoms with E-state index in [4.69, 9.17) is 42.7 Å². The van der Waals surface area contributed by atoms with Gasteiger partial charge in [0.15, 0.2) is 6.29 Å². The molecule has 0 spiro atoms. The van der Waals surface area contributed by atoms with Crippen molar-refractivity contribution >= 4 is 29.5 Å². The Balaban J connectivity index is 1.21. The molecule has 2 aliphatic rings. The number of carbonyl (C=O) groups is 1. The van der Waals surface area contributed by atoms with Crippen LogP contribution in [0.3, 0.4) is 0 Å². The van der Waals surface area contributed by atoms with Gasteiger partial charge < -0.3 is 19.1 Å². The highest BCUT2D eigenvalue weighted by Gasteiger charge is 2.29. The van der Waals surface area contributed by atoms with Gasteiger partial charge in [-0.1, -0.05) is 53.5 Å². The van der Waals surface area contributed by atoms with Crippen molar-refractivity contribution in [2.75, 3.05) is 26.7 Å². The number of piperidine rings is 1. The van der Waals surface area contributed by atoms with E-state index in [1.54, 1.807) is 24.4 Å². The molecule has 230 valence electrons. The molecule has 9 heteroatoms. The van der Waals surface area contributed by atoms with Gasteiger partial charge in [-0.2, -0.15) is 5.26 Å². The zero-order valence-corrected chi connectivity index (χ0v) is 26.5. The maximum Gasteiger partial charge on any atom is 0.153 e. The highest BCUT2D eigenvalue weighted by atomic mass is 35.5. The molecule has 3 aromatic carbocycles. The fourth-order valence-corrected chi connectivity index (χ4v) is 6.74. The third-order valence-corrected chi connectivity index (χ3v) is 9.13. The maximum atomic E-state index is 11.8. The van der Waals surface area contributed by atoms with Crippen LogP contribution in [-0.2, 0) is 13.0 Å². The standard InChI is InChI=1S/C36H33Cl2N3O4/c1-41-12-4-5-23(19-41)21-43-33-9-3-8-30(36(33)38)27-6-2-7-29-28(27)10-11-32(29)45-35-15-34(26(20-42)14-31(35)37)44-22-25-13-24(16-39)17-40-18-25/h2-3,6-9,13-15,17-18,20,23,32H,4-5,10-12,19,21-22H2,1H3. The summed E-state index contributed by atoms with van der Waals surface area (Å²) in [5.41, 5.74) is 5.68. The monoisotopic (exact) mass is 641 g/mol. The number of rotatable bonds is 10. The van der Waals surface area contributed by atoms with Crippen LogP contribution in [0.4, 0.5) is 0 Å². The summed E-state index contributed by atoms with van der Waals surface area (Å²) in [5.74, 6) is 1.95. The lowest BCUT2D eigenvalue weighted by molar-refractivity contribution is 0.111. The third kappa shape index (κ3) is 6.94. The first-order valence-electron chi connectivity index (χ1n) is 15.1. The van der Waals surface area contributed by atoms with Crippen molar-refractivity contribution in [1.82, 2.24) is 9.88 Å². The maximum absolute atomic E-state index is 11.8. The van der Waals surface area contributed by atoms with Crippen LogP contribution in [0.2, 0.25) is 10.0 Å². The van der Waals surface area contributed by atoms with E-state index in [0.29, 0.717) is 62.8 Å². The zero-order valence-electron chi connectivity index (χ0n) is 25.0. The van der Waals surface area contributed by atoms with Crippen LogP contribution in [0.15, 0.2) is 67.0 Å². The number of hydrogen-bond acceptors (Lipinski definition) is 7. The summed E-state index contributed by atoms with van der Waals surface area (Å²) < 4.78 is 18.7. The molecule has 0 N–H and O–H groups in total. The molecule has 1 fully saturated rings. The number of ether oxygens (including phenoxy) is 3. The molecule has 0 bridgehead atoms. The van der Waals surface area contributed by atoms with E-state index in [2.05, 4.69) is 35.1 Å². The summed E-state index contributed by atoms with van der Waals surface area (Å²) in [6.45, 7) is 2.95. The van der Waals surface area contributed by atoms with Crippen LogP contribution in [0, 0.1) is 17.2 Å². The van der Waals surface area contributed by atoms with E-state index in [-0.39, 0.29) is 12.7 Å². The predicted octanol–water partition coefficient (Wildman–Crippen LogP) is 8.11. The first-order chi connectivity index (χ1) is 21.9. The van der Waals surface area contributed by atoms with Gasteiger partial charge in [0.1, 0.15) is 36.0 Å². The molecule has 0 saturated carbocycles. The van der Waals surface area contributed by atoms with Crippen molar-refractivity contribution < 1.29 is 19.0 Å². The van der Waals surface area contributed by atoms with Gasteiger partial charge in [0, 0.05) is 42.0 Å². The molecule has 0 radical (unpaired) electrons. The summed E-state index contributed by atoms with van der Waals surface area (Å²) in [4.78, 5) is 18.2. The Morgan fingerprint density at radius 3 is 2.69 bits per heavy atom. The molecule has 2 atom stereocenters.